The molecule has 1 aliphatic rings. The molecule has 0 radical (unpaired) electrons. The van der Waals surface area contributed by atoms with Gasteiger partial charge in [-0.2, -0.15) is 17.5 Å². The number of nitrogens with zero attached hydrogens (tertiary/aromatic N) is 2. The molecule has 1 atom stereocenters. The number of halogens is 6. The van der Waals surface area contributed by atoms with Gasteiger partial charge in [-0.3, -0.25) is 9.78 Å². The van der Waals surface area contributed by atoms with Crippen molar-refractivity contribution in [2.45, 2.75) is 36.0 Å². The lowest BCUT2D eigenvalue weighted by Crippen LogP contribution is -2.45. The number of alkyl halides is 5. The van der Waals surface area contributed by atoms with E-state index in [1.807, 2.05) is 0 Å². The second-order valence-corrected chi connectivity index (χ2v) is 10.3. The molecule has 6 nitrogen and oxygen atoms in total. The van der Waals surface area contributed by atoms with Gasteiger partial charge in [0.2, 0.25) is 15.9 Å². The first-order chi connectivity index (χ1) is 17.3. The second kappa shape index (κ2) is 9.78. The van der Waals surface area contributed by atoms with E-state index in [0.717, 1.165) is 36.4 Å². The molecule has 2 heterocycles. The maximum absolute atomic E-state index is 14.2. The van der Waals surface area contributed by atoms with Gasteiger partial charge in [-0.1, -0.05) is 12.1 Å². The Morgan fingerprint density at radius 2 is 1.70 bits per heavy atom. The first-order valence-corrected chi connectivity index (χ1v) is 12.3. The number of benzene rings is 2. The highest BCUT2D eigenvalue weighted by atomic mass is 32.2. The molecule has 0 aliphatic carbocycles. The largest absolute Gasteiger partial charge is 0.416 e. The van der Waals surface area contributed by atoms with Gasteiger partial charge in [0, 0.05) is 24.7 Å². The molecule has 1 amide bonds. The Morgan fingerprint density at radius 3 is 2.32 bits per heavy atom. The molecule has 4 rings (SSSR count). The lowest BCUT2D eigenvalue weighted by molar-refractivity contribution is -0.137. The molecule has 13 heteroatoms. The minimum atomic E-state index is -4.52. The Balaban J connectivity index is 1.49. The molecular formula is C24H19F6N3O3S. The molecule has 3 aromatic rings. The van der Waals surface area contributed by atoms with Gasteiger partial charge in [-0.25, -0.2) is 21.6 Å². The molecule has 37 heavy (non-hydrogen) atoms. The van der Waals surface area contributed by atoms with Gasteiger partial charge in [0.15, 0.2) is 0 Å². The van der Waals surface area contributed by atoms with Crippen molar-refractivity contribution in [1.82, 2.24) is 14.6 Å². The van der Waals surface area contributed by atoms with Crippen molar-refractivity contribution in [2.24, 2.45) is 0 Å². The van der Waals surface area contributed by atoms with E-state index in [-0.39, 0.29) is 6.54 Å². The summed E-state index contributed by atoms with van der Waals surface area (Å²) in [6, 6.07) is 9.18. The van der Waals surface area contributed by atoms with E-state index in [1.54, 1.807) is 0 Å². The first-order valence-electron chi connectivity index (χ1n) is 10.8. The third kappa shape index (κ3) is 5.93. The normalized spacial score (nSPS) is 18.1. The van der Waals surface area contributed by atoms with Gasteiger partial charge in [0.25, 0.3) is 5.92 Å². The predicted molar refractivity (Wildman–Crippen MR) is 120 cm³/mol. The van der Waals surface area contributed by atoms with E-state index < -0.39 is 63.3 Å². The van der Waals surface area contributed by atoms with E-state index in [0.29, 0.717) is 21.1 Å². The SMILES string of the molecule is O=C(NCc1ccnc(-c2ccc(C(F)(F)F)cc2)c1)[C@@H]1CC(F)(F)CN1S(=O)(=O)c1ccc(F)cc1. The third-order valence-electron chi connectivity index (χ3n) is 5.75. The van der Waals surface area contributed by atoms with Crippen LogP contribution in [0.25, 0.3) is 11.3 Å². The molecule has 1 saturated heterocycles. The molecule has 1 aromatic heterocycles. The summed E-state index contributed by atoms with van der Waals surface area (Å²) >= 11 is 0. The lowest BCUT2D eigenvalue weighted by Gasteiger charge is -2.22. The average Bonchev–Trinajstić information content (AvgIpc) is 3.19. The zero-order valence-corrected chi connectivity index (χ0v) is 19.7. The lowest BCUT2D eigenvalue weighted by atomic mass is 10.1. The number of hydrogen-bond acceptors (Lipinski definition) is 4. The number of amides is 1. The van der Waals surface area contributed by atoms with Crippen LogP contribution in [-0.2, 0) is 27.5 Å². The molecule has 196 valence electrons. The molecule has 0 bridgehead atoms. The van der Waals surface area contributed by atoms with Crippen molar-refractivity contribution < 1.29 is 39.6 Å². The summed E-state index contributed by atoms with van der Waals surface area (Å²) in [6.45, 7) is -1.39. The van der Waals surface area contributed by atoms with E-state index in [4.69, 9.17) is 0 Å². The smallest absolute Gasteiger partial charge is 0.351 e. The Bertz CT molecular complexity index is 1390. The number of nitrogens with one attached hydrogen (secondary N) is 1. The van der Waals surface area contributed by atoms with Crippen molar-refractivity contribution in [3.8, 4) is 11.3 Å². The molecule has 0 spiro atoms. The highest BCUT2D eigenvalue weighted by Gasteiger charge is 2.52. The number of rotatable bonds is 6. The van der Waals surface area contributed by atoms with Crippen LogP contribution < -0.4 is 5.32 Å². The van der Waals surface area contributed by atoms with Crippen molar-refractivity contribution in [3.05, 3.63) is 83.8 Å². The zero-order chi connectivity index (χ0) is 27.0. The number of pyridine rings is 1. The highest BCUT2D eigenvalue weighted by molar-refractivity contribution is 7.89. The van der Waals surface area contributed by atoms with E-state index in [2.05, 4.69) is 10.3 Å². The van der Waals surface area contributed by atoms with Crippen molar-refractivity contribution in [2.75, 3.05) is 6.54 Å². The Morgan fingerprint density at radius 1 is 1.05 bits per heavy atom. The summed E-state index contributed by atoms with van der Waals surface area (Å²) in [5.41, 5.74) is 0.325. The second-order valence-electron chi connectivity index (χ2n) is 8.42. The van der Waals surface area contributed by atoms with E-state index in [1.165, 1.54) is 30.5 Å². The van der Waals surface area contributed by atoms with Gasteiger partial charge < -0.3 is 5.32 Å². The molecule has 1 aliphatic heterocycles. The molecule has 0 saturated carbocycles. The van der Waals surface area contributed by atoms with Gasteiger partial charge in [-0.15, -0.1) is 0 Å². The third-order valence-corrected chi connectivity index (χ3v) is 7.62. The topological polar surface area (TPSA) is 79.4 Å². The monoisotopic (exact) mass is 543 g/mol. The summed E-state index contributed by atoms with van der Waals surface area (Å²) in [5.74, 6) is -5.13. The predicted octanol–water partition coefficient (Wildman–Crippen LogP) is 4.62. The number of carbonyl (C=O) groups is 1. The minimum absolute atomic E-state index is 0.179. The number of aromatic nitrogens is 1. The Hall–Kier alpha value is -3.45. The van der Waals surface area contributed by atoms with Crippen LogP contribution >= 0.6 is 0 Å². The summed E-state index contributed by atoms with van der Waals surface area (Å²) in [7, 11) is -4.52. The highest BCUT2D eigenvalue weighted by Crippen LogP contribution is 2.36. The van der Waals surface area contributed by atoms with Crippen LogP contribution in [0.4, 0.5) is 26.3 Å². The van der Waals surface area contributed by atoms with Crippen molar-refractivity contribution in [1.29, 1.82) is 0 Å². The fourth-order valence-corrected chi connectivity index (χ4v) is 5.50. The summed E-state index contributed by atoms with van der Waals surface area (Å²) in [5, 5.41) is 2.43. The quantitative estimate of drug-likeness (QED) is 0.461. The van der Waals surface area contributed by atoms with Crippen molar-refractivity contribution in [3.63, 3.8) is 0 Å². The number of hydrogen-bond donors (Lipinski definition) is 1. The molecular weight excluding hydrogens is 524 g/mol. The van der Waals surface area contributed by atoms with Crippen LogP contribution in [0.2, 0.25) is 0 Å². The molecule has 1 fully saturated rings. The van der Waals surface area contributed by atoms with Gasteiger partial charge in [0.1, 0.15) is 11.9 Å². The van der Waals surface area contributed by atoms with Gasteiger partial charge in [-0.05, 0) is 54.1 Å². The first kappa shape index (κ1) is 26.6. The molecule has 0 unspecified atom stereocenters. The van der Waals surface area contributed by atoms with Crippen LogP contribution in [0.1, 0.15) is 17.5 Å². The fraction of sp³-hybridized carbons (Fsp3) is 0.250. The van der Waals surface area contributed by atoms with Crippen LogP contribution in [0.5, 0.6) is 0 Å². The van der Waals surface area contributed by atoms with Crippen LogP contribution in [-0.4, -0.2) is 42.1 Å². The van der Waals surface area contributed by atoms with Crippen molar-refractivity contribution >= 4 is 15.9 Å². The molecule has 1 N–H and O–H groups in total. The van der Waals surface area contributed by atoms with Crippen LogP contribution in [0.15, 0.2) is 71.8 Å². The van der Waals surface area contributed by atoms with Gasteiger partial charge in [0.05, 0.1) is 22.7 Å². The van der Waals surface area contributed by atoms with Crippen LogP contribution in [0.3, 0.4) is 0 Å². The Labute approximate surface area is 208 Å². The van der Waals surface area contributed by atoms with Gasteiger partial charge >= 0.3 is 6.18 Å². The Kier molecular flexibility index (Phi) is 7.04. The summed E-state index contributed by atoms with van der Waals surface area (Å²) in [4.78, 5) is 16.5. The maximum atomic E-state index is 14.2. The standard InChI is InChI=1S/C24H19F6N3O3S/c25-18-5-7-19(8-6-18)37(35,36)33-14-23(26,27)12-21(33)22(34)32-13-15-9-10-31-20(11-15)16-1-3-17(4-2-16)24(28,29)30/h1-11,21H,12-14H2,(H,32,34)/t21-/m0/s1. The summed E-state index contributed by atoms with van der Waals surface area (Å²) in [6.07, 6.45) is -4.16. The molecule has 2 aromatic carbocycles. The maximum Gasteiger partial charge on any atom is 0.416 e. The number of sulfonamides is 1. The fourth-order valence-electron chi connectivity index (χ4n) is 3.88. The minimum Gasteiger partial charge on any atom is -0.351 e. The van der Waals surface area contributed by atoms with E-state index in [9.17, 15) is 39.6 Å². The van der Waals surface area contributed by atoms with Crippen LogP contribution in [0, 0.1) is 5.82 Å². The van der Waals surface area contributed by atoms with E-state index >= 15 is 0 Å². The zero-order valence-electron chi connectivity index (χ0n) is 18.8. The average molecular weight is 543 g/mol. The number of carbonyl (C=O) groups excluding carboxylic acids is 1. The summed E-state index contributed by atoms with van der Waals surface area (Å²) < 4.78 is 106.